The van der Waals surface area contributed by atoms with Crippen molar-refractivity contribution in [3.63, 3.8) is 0 Å². The zero-order valence-electron chi connectivity index (χ0n) is 10.9. The van der Waals surface area contributed by atoms with Crippen LogP contribution in [0.5, 0.6) is 0 Å². The van der Waals surface area contributed by atoms with Crippen LogP contribution in [0.2, 0.25) is 0 Å². The minimum atomic E-state index is -1.46. The largest absolute Gasteiger partial charge is 0.481 e. The summed E-state index contributed by atoms with van der Waals surface area (Å²) in [4.78, 5) is 33.5. The fourth-order valence-corrected chi connectivity index (χ4v) is 1.95. The number of nitrogens with one attached hydrogen (secondary N) is 1. The number of aliphatic carboxylic acids is 2. The molecule has 6 heteroatoms. The number of amides is 1. The van der Waals surface area contributed by atoms with Gasteiger partial charge in [0.25, 0.3) is 5.91 Å². The Bertz CT molecular complexity index is 710. The van der Waals surface area contributed by atoms with Crippen molar-refractivity contribution in [1.29, 1.82) is 0 Å². The Morgan fingerprint density at radius 1 is 1.00 bits per heavy atom. The Kier molecular flexibility index (Phi) is 4.18. The zero-order valence-corrected chi connectivity index (χ0v) is 10.9. The highest BCUT2D eigenvalue weighted by atomic mass is 16.4. The van der Waals surface area contributed by atoms with Gasteiger partial charge in [0.15, 0.2) is 0 Å². The van der Waals surface area contributed by atoms with E-state index in [1.165, 1.54) is 0 Å². The molecule has 6 nitrogen and oxygen atoms in total. The minimum absolute atomic E-state index is 0.283. The number of benzene rings is 2. The van der Waals surface area contributed by atoms with Crippen LogP contribution in [0, 0.1) is 0 Å². The topological polar surface area (TPSA) is 104 Å². The number of hydrogen-bond acceptors (Lipinski definition) is 3. The van der Waals surface area contributed by atoms with E-state index < -0.39 is 30.3 Å². The molecule has 0 saturated heterocycles. The first-order valence-corrected chi connectivity index (χ1v) is 6.21. The quantitative estimate of drug-likeness (QED) is 0.773. The van der Waals surface area contributed by atoms with Gasteiger partial charge < -0.3 is 15.5 Å². The highest BCUT2D eigenvalue weighted by molar-refractivity contribution is 6.00. The Labute approximate surface area is 120 Å². The lowest BCUT2D eigenvalue weighted by Gasteiger charge is -2.12. The molecule has 0 bridgehead atoms. The predicted molar refractivity (Wildman–Crippen MR) is 75.1 cm³/mol. The van der Waals surface area contributed by atoms with Crippen molar-refractivity contribution < 1.29 is 24.6 Å². The third-order valence-corrected chi connectivity index (χ3v) is 2.99. The summed E-state index contributed by atoms with van der Waals surface area (Å²) in [5, 5.41) is 21.6. The van der Waals surface area contributed by atoms with E-state index in [0.29, 0.717) is 0 Å². The lowest BCUT2D eigenvalue weighted by atomic mass is 10.1. The van der Waals surface area contributed by atoms with Crippen molar-refractivity contribution in [2.45, 2.75) is 12.5 Å². The molecule has 108 valence electrons. The van der Waals surface area contributed by atoms with Gasteiger partial charge in [-0.25, -0.2) is 4.79 Å². The first-order chi connectivity index (χ1) is 9.97. The molecule has 3 N–H and O–H groups in total. The fraction of sp³-hybridized carbons (Fsp3) is 0.133. The van der Waals surface area contributed by atoms with Gasteiger partial charge in [0.05, 0.1) is 6.42 Å². The van der Waals surface area contributed by atoms with Gasteiger partial charge in [-0.05, 0) is 22.9 Å². The van der Waals surface area contributed by atoms with Crippen LogP contribution in [0.1, 0.15) is 16.8 Å². The number of carbonyl (C=O) groups excluding carboxylic acids is 1. The number of carboxylic acids is 2. The minimum Gasteiger partial charge on any atom is -0.481 e. The van der Waals surface area contributed by atoms with Gasteiger partial charge in [0.1, 0.15) is 6.04 Å². The van der Waals surface area contributed by atoms with Crippen LogP contribution in [-0.4, -0.2) is 34.1 Å². The van der Waals surface area contributed by atoms with Crippen molar-refractivity contribution in [2.24, 2.45) is 0 Å². The van der Waals surface area contributed by atoms with Gasteiger partial charge in [-0.15, -0.1) is 0 Å². The average molecular weight is 287 g/mol. The van der Waals surface area contributed by atoms with E-state index in [9.17, 15) is 14.4 Å². The molecule has 2 aromatic rings. The molecule has 0 aliphatic heterocycles. The first-order valence-electron chi connectivity index (χ1n) is 6.21. The number of hydrogen-bond donors (Lipinski definition) is 3. The highest BCUT2D eigenvalue weighted by Gasteiger charge is 2.23. The molecule has 1 atom stereocenters. The summed E-state index contributed by atoms with van der Waals surface area (Å²) in [6.45, 7) is 0. The second-order valence-electron chi connectivity index (χ2n) is 4.52. The maximum absolute atomic E-state index is 12.0. The molecule has 0 radical (unpaired) electrons. The summed E-state index contributed by atoms with van der Waals surface area (Å²) in [6, 6.07) is 10.9. The molecular weight excluding hydrogens is 274 g/mol. The van der Waals surface area contributed by atoms with Gasteiger partial charge in [-0.1, -0.05) is 30.3 Å². The van der Waals surface area contributed by atoms with E-state index >= 15 is 0 Å². The molecule has 0 aliphatic rings. The lowest BCUT2D eigenvalue weighted by molar-refractivity contribution is -0.145. The standard InChI is InChI=1S/C15H13NO5/c17-13(18)8-12(15(20)21)16-14(19)11-6-5-9-3-1-2-4-10(9)7-11/h1-7,12H,8H2,(H,16,19)(H,17,18)(H,20,21)/t12-/m1/s1. The van der Waals surface area contributed by atoms with Crippen molar-refractivity contribution in [3.05, 3.63) is 48.0 Å². The molecule has 2 aromatic carbocycles. The fourth-order valence-electron chi connectivity index (χ4n) is 1.95. The highest BCUT2D eigenvalue weighted by Crippen LogP contribution is 2.15. The number of carbonyl (C=O) groups is 3. The summed E-state index contributed by atoms with van der Waals surface area (Å²) in [5.41, 5.74) is 0.283. The summed E-state index contributed by atoms with van der Waals surface area (Å²) in [6.07, 6.45) is -0.672. The van der Waals surface area contributed by atoms with Gasteiger partial charge in [0, 0.05) is 5.56 Å². The second-order valence-corrected chi connectivity index (χ2v) is 4.52. The molecule has 0 spiro atoms. The maximum atomic E-state index is 12.0. The molecule has 1 amide bonds. The van der Waals surface area contributed by atoms with E-state index in [1.807, 2.05) is 24.3 Å². The molecule has 0 aromatic heterocycles. The van der Waals surface area contributed by atoms with E-state index in [1.54, 1.807) is 18.2 Å². The third-order valence-electron chi connectivity index (χ3n) is 2.99. The Balaban J connectivity index is 2.20. The van der Waals surface area contributed by atoms with Gasteiger partial charge in [-0.2, -0.15) is 0 Å². The molecule has 0 fully saturated rings. The van der Waals surface area contributed by atoms with E-state index in [0.717, 1.165) is 10.8 Å². The van der Waals surface area contributed by atoms with Crippen molar-refractivity contribution >= 4 is 28.6 Å². The van der Waals surface area contributed by atoms with Crippen molar-refractivity contribution in [3.8, 4) is 0 Å². The Morgan fingerprint density at radius 2 is 1.67 bits per heavy atom. The maximum Gasteiger partial charge on any atom is 0.326 e. The van der Waals surface area contributed by atoms with Crippen LogP contribution in [-0.2, 0) is 9.59 Å². The lowest BCUT2D eigenvalue weighted by Crippen LogP contribution is -2.42. The molecule has 0 heterocycles. The first kappa shape index (κ1) is 14.5. The van der Waals surface area contributed by atoms with Crippen LogP contribution >= 0.6 is 0 Å². The van der Waals surface area contributed by atoms with E-state index in [2.05, 4.69) is 5.32 Å². The van der Waals surface area contributed by atoms with Gasteiger partial charge in [-0.3, -0.25) is 9.59 Å². The second kappa shape index (κ2) is 6.04. The average Bonchev–Trinajstić information content (AvgIpc) is 2.45. The molecule has 0 saturated carbocycles. The normalized spacial score (nSPS) is 11.8. The molecular formula is C15H13NO5. The summed E-state index contributed by atoms with van der Waals surface area (Å²) < 4.78 is 0. The molecule has 2 rings (SSSR count). The van der Waals surface area contributed by atoms with E-state index in [-0.39, 0.29) is 5.56 Å². The van der Waals surface area contributed by atoms with Crippen molar-refractivity contribution in [1.82, 2.24) is 5.32 Å². The number of carboxylic acid groups (broad SMARTS) is 2. The van der Waals surface area contributed by atoms with E-state index in [4.69, 9.17) is 10.2 Å². The summed E-state index contributed by atoms with van der Waals surface area (Å²) in [5.74, 6) is -3.29. The Morgan fingerprint density at radius 3 is 2.29 bits per heavy atom. The zero-order chi connectivity index (χ0) is 15.4. The Hall–Kier alpha value is -2.89. The summed E-state index contributed by atoms with van der Waals surface area (Å²) in [7, 11) is 0. The van der Waals surface area contributed by atoms with Crippen LogP contribution in [0.3, 0.4) is 0 Å². The third kappa shape index (κ3) is 3.56. The monoisotopic (exact) mass is 287 g/mol. The van der Waals surface area contributed by atoms with Crippen LogP contribution in [0.25, 0.3) is 10.8 Å². The van der Waals surface area contributed by atoms with Crippen LogP contribution < -0.4 is 5.32 Å². The van der Waals surface area contributed by atoms with Gasteiger partial charge in [0.2, 0.25) is 0 Å². The molecule has 21 heavy (non-hydrogen) atoms. The number of fused-ring (bicyclic) bond motifs is 1. The van der Waals surface area contributed by atoms with Gasteiger partial charge >= 0.3 is 11.9 Å². The smallest absolute Gasteiger partial charge is 0.326 e. The number of rotatable bonds is 5. The predicted octanol–water partition coefficient (Wildman–Crippen LogP) is 1.50. The van der Waals surface area contributed by atoms with Crippen LogP contribution in [0.15, 0.2) is 42.5 Å². The van der Waals surface area contributed by atoms with Crippen molar-refractivity contribution in [2.75, 3.05) is 0 Å². The summed E-state index contributed by atoms with van der Waals surface area (Å²) >= 11 is 0. The SMILES string of the molecule is O=C(O)C[C@@H](NC(=O)c1ccc2ccccc2c1)C(=O)O. The molecule has 0 aliphatic carbocycles. The van der Waals surface area contributed by atoms with Crippen LogP contribution in [0.4, 0.5) is 0 Å². The molecule has 0 unspecified atom stereocenters.